The van der Waals surface area contributed by atoms with Crippen molar-refractivity contribution in [3.63, 3.8) is 0 Å². The summed E-state index contributed by atoms with van der Waals surface area (Å²) in [6.07, 6.45) is 1.78. The van der Waals surface area contributed by atoms with Crippen molar-refractivity contribution in [2.24, 2.45) is 0 Å². The molecule has 0 atom stereocenters. The second kappa shape index (κ2) is 6.07. The number of benzene rings is 1. The van der Waals surface area contributed by atoms with Crippen LogP contribution >= 0.6 is 12.6 Å². The Labute approximate surface area is 136 Å². The van der Waals surface area contributed by atoms with Crippen molar-refractivity contribution >= 4 is 25.8 Å². The van der Waals surface area contributed by atoms with E-state index in [-0.39, 0.29) is 5.56 Å². The third kappa shape index (κ3) is 3.22. The molecular formula is C16H19BFNO2S. The van der Waals surface area contributed by atoms with Crippen molar-refractivity contribution < 1.29 is 13.7 Å². The van der Waals surface area contributed by atoms with Crippen LogP contribution in [0.25, 0.3) is 6.08 Å². The standard InChI is InChI=1S/C16H19BFNO2S/c1-15(2)16(3,4)21-17(20-15)13(10-22)7-11-5-6-14(18)8-12(11)9-19/h5-8,22H,10H2,1-4H3. The lowest BCUT2D eigenvalue weighted by molar-refractivity contribution is 0.00578. The van der Waals surface area contributed by atoms with Gasteiger partial charge in [-0.1, -0.05) is 12.1 Å². The third-order valence-corrected chi connectivity index (χ3v) is 4.58. The molecule has 6 heteroatoms. The van der Waals surface area contributed by atoms with Crippen LogP contribution in [0, 0.1) is 17.1 Å². The van der Waals surface area contributed by atoms with Crippen LogP contribution in [0.4, 0.5) is 4.39 Å². The molecule has 0 amide bonds. The molecule has 0 aromatic heterocycles. The number of nitrogens with zero attached hydrogens (tertiary/aromatic N) is 1. The van der Waals surface area contributed by atoms with E-state index < -0.39 is 24.1 Å². The highest BCUT2D eigenvalue weighted by atomic mass is 32.1. The van der Waals surface area contributed by atoms with Crippen molar-refractivity contribution in [1.82, 2.24) is 0 Å². The third-order valence-electron chi connectivity index (χ3n) is 4.22. The highest BCUT2D eigenvalue weighted by molar-refractivity contribution is 7.80. The van der Waals surface area contributed by atoms with Gasteiger partial charge in [0.2, 0.25) is 0 Å². The van der Waals surface area contributed by atoms with Crippen LogP contribution in [0.1, 0.15) is 38.8 Å². The fraction of sp³-hybridized carbons (Fsp3) is 0.438. The SMILES string of the molecule is CC1(C)OB(C(=Cc2ccc(F)cc2C#N)CS)OC1(C)C. The number of rotatable bonds is 3. The maximum absolute atomic E-state index is 13.2. The van der Waals surface area contributed by atoms with Crippen molar-refractivity contribution in [1.29, 1.82) is 5.26 Å². The Morgan fingerprint density at radius 3 is 2.41 bits per heavy atom. The Hall–Kier alpha value is -1.29. The van der Waals surface area contributed by atoms with Crippen LogP contribution in [0.2, 0.25) is 0 Å². The second-order valence-corrected chi connectivity index (χ2v) is 6.63. The average Bonchev–Trinajstić information content (AvgIpc) is 2.65. The van der Waals surface area contributed by atoms with Gasteiger partial charge in [0.25, 0.3) is 0 Å². The molecule has 1 heterocycles. The molecule has 3 nitrogen and oxygen atoms in total. The predicted molar refractivity (Wildman–Crippen MR) is 89.0 cm³/mol. The molecule has 1 aromatic carbocycles. The zero-order valence-corrected chi connectivity index (χ0v) is 14.1. The number of nitriles is 1. The number of hydrogen-bond acceptors (Lipinski definition) is 4. The van der Waals surface area contributed by atoms with Gasteiger partial charge >= 0.3 is 7.12 Å². The summed E-state index contributed by atoms with van der Waals surface area (Å²) in [5, 5.41) is 9.13. The minimum atomic E-state index is -0.529. The first kappa shape index (κ1) is 17.1. The fourth-order valence-corrected chi connectivity index (χ4v) is 2.37. The van der Waals surface area contributed by atoms with E-state index >= 15 is 0 Å². The summed E-state index contributed by atoms with van der Waals surface area (Å²) in [6.45, 7) is 7.90. The second-order valence-electron chi connectivity index (χ2n) is 6.31. The molecule has 0 bridgehead atoms. The maximum Gasteiger partial charge on any atom is 0.491 e. The van der Waals surface area contributed by atoms with Gasteiger partial charge in [-0.3, -0.25) is 0 Å². The predicted octanol–water partition coefficient (Wildman–Crippen LogP) is 3.64. The average molecular weight is 319 g/mol. The van der Waals surface area contributed by atoms with Gasteiger partial charge in [-0.2, -0.15) is 17.9 Å². The van der Waals surface area contributed by atoms with E-state index in [4.69, 9.17) is 14.6 Å². The quantitative estimate of drug-likeness (QED) is 0.683. The molecule has 1 aliphatic rings. The molecule has 0 radical (unpaired) electrons. The molecule has 22 heavy (non-hydrogen) atoms. The zero-order chi connectivity index (χ0) is 16.5. The van der Waals surface area contributed by atoms with Crippen LogP contribution < -0.4 is 0 Å². The Bertz CT molecular complexity index is 636. The monoisotopic (exact) mass is 319 g/mol. The van der Waals surface area contributed by atoms with E-state index in [1.54, 1.807) is 12.1 Å². The van der Waals surface area contributed by atoms with Crippen LogP contribution in [-0.4, -0.2) is 24.1 Å². The van der Waals surface area contributed by atoms with Gasteiger partial charge in [-0.25, -0.2) is 4.39 Å². The molecule has 0 spiro atoms. The Morgan fingerprint density at radius 1 is 1.32 bits per heavy atom. The van der Waals surface area contributed by atoms with Crippen molar-refractivity contribution in [3.8, 4) is 6.07 Å². The maximum atomic E-state index is 13.2. The van der Waals surface area contributed by atoms with Gasteiger partial charge in [-0.05, 0) is 50.9 Å². The Morgan fingerprint density at radius 2 is 1.91 bits per heavy atom. The molecule has 0 unspecified atom stereocenters. The number of halogens is 1. The summed E-state index contributed by atoms with van der Waals surface area (Å²) in [4.78, 5) is 0. The summed E-state index contributed by atoms with van der Waals surface area (Å²) in [6, 6.07) is 6.11. The van der Waals surface area contributed by atoms with Crippen LogP contribution in [0.5, 0.6) is 0 Å². The van der Waals surface area contributed by atoms with Gasteiger partial charge in [0.1, 0.15) is 5.82 Å². The lowest BCUT2D eigenvalue weighted by Gasteiger charge is -2.32. The molecule has 1 saturated heterocycles. The first-order valence-electron chi connectivity index (χ1n) is 7.07. The topological polar surface area (TPSA) is 42.2 Å². The van der Waals surface area contributed by atoms with Gasteiger partial charge < -0.3 is 9.31 Å². The van der Waals surface area contributed by atoms with E-state index in [0.717, 1.165) is 5.47 Å². The summed E-state index contributed by atoms with van der Waals surface area (Å²) in [5.41, 5.74) is 0.810. The molecule has 0 saturated carbocycles. The van der Waals surface area contributed by atoms with E-state index in [2.05, 4.69) is 12.6 Å². The first-order chi connectivity index (χ1) is 10.2. The minimum absolute atomic E-state index is 0.274. The van der Waals surface area contributed by atoms with Gasteiger partial charge in [-0.15, -0.1) is 0 Å². The van der Waals surface area contributed by atoms with Crippen molar-refractivity contribution in [2.75, 3.05) is 5.75 Å². The molecule has 1 aromatic rings. The highest BCUT2D eigenvalue weighted by Gasteiger charge is 2.52. The van der Waals surface area contributed by atoms with E-state index in [1.807, 2.05) is 33.8 Å². The van der Waals surface area contributed by atoms with E-state index in [0.29, 0.717) is 11.3 Å². The molecule has 2 rings (SSSR count). The van der Waals surface area contributed by atoms with Gasteiger partial charge in [0.15, 0.2) is 0 Å². The van der Waals surface area contributed by atoms with Crippen molar-refractivity contribution in [3.05, 3.63) is 40.6 Å². The van der Waals surface area contributed by atoms with Gasteiger partial charge in [0, 0.05) is 5.75 Å². The molecule has 116 valence electrons. The normalized spacial score (nSPS) is 20.0. The van der Waals surface area contributed by atoms with Crippen LogP contribution in [0.15, 0.2) is 23.7 Å². The lowest BCUT2D eigenvalue weighted by atomic mass is 9.78. The van der Waals surface area contributed by atoms with Crippen molar-refractivity contribution in [2.45, 2.75) is 38.9 Å². The largest absolute Gasteiger partial charge is 0.491 e. The van der Waals surface area contributed by atoms with Crippen LogP contribution in [0.3, 0.4) is 0 Å². The minimum Gasteiger partial charge on any atom is -0.400 e. The number of thiol groups is 1. The smallest absolute Gasteiger partial charge is 0.400 e. The Kier molecular flexibility index (Phi) is 4.71. The molecule has 0 aliphatic carbocycles. The Balaban J connectivity index is 2.36. The first-order valence-corrected chi connectivity index (χ1v) is 7.70. The summed E-state index contributed by atoms with van der Waals surface area (Å²) in [7, 11) is -0.529. The van der Waals surface area contributed by atoms with Crippen LogP contribution in [-0.2, 0) is 9.31 Å². The zero-order valence-electron chi connectivity index (χ0n) is 13.2. The molecular weight excluding hydrogens is 300 g/mol. The summed E-state index contributed by atoms with van der Waals surface area (Å²) < 4.78 is 25.2. The summed E-state index contributed by atoms with van der Waals surface area (Å²) in [5.74, 6) is -0.0178. The number of hydrogen-bond donors (Lipinski definition) is 1. The highest BCUT2D eigenvalue weighted by Crippen LogP contribution is 2.39. The summed E-state index contributed by atoms with van der Waals surface area (Å²) >= 11 is 4.33. The van der Waals surface area contributed by atoms with Gasteiger partial charge in [0.05, 0.1) is 22.8 Å². The molecule has 1 fully saturated rings. The fourth-order valence-electron chi connectivity index (χ4n) is 2.13. The molecule has 1 aliphatic heterocycles. The lowest BCUT2D eigenvalue weighted by Crippen LogP contribution is -2.41. The van der Waals surface area contributed by atoms with E-state index in [1.165, 1.54) is 12.1 Å². The molecule has 0 N–H and O–H groups in total. The van der Waals surface area contributed by atoms with E-state index in [9.17, 15) is 4.39 Å².